The number of dihydropyridines is 1. The van der Waals surface area contributed by atoms with E-state index in [1.54, 1.807) is 32.0 Å². The number of Topliss-reactive ketones (excluding diaryl/α,β-unsaturated/α-hetero) is 1. The predicted molar refractivity (Wildman–Crippen MR) is 167 cm³/mol. The van der Waals surface area contributed by atoms with Gasteiger partial charge in [0.1, 0.15) is 12.3 Å². The molecule has 1 atom stereocenters. The fourth-order valence-electron chi connectivity index (χ4n) is 5.67. The lowest BCUT2D eigenvalue weighted by atomic mass is 9.98. The van der Waals surface area contributed by atoms with Crippen LogP contribution in [0.5, 0.6) is 5.75 Å². The number of rotatable bonds is 11. The molecule has 1 amide bonds. The Balaban J connectivity index is 1.38. The molecule has 1 fully saturated rings. The van der Waals surface area contributed by atoms with Crippen LogP contribution in [-0.2, 0) is 26.3 Å². The van der Waals surface area contributed by atoms with Gasteiger partial charge in [0.05, 0.1) is 23.5 Å². The lowest BCUT2D eigenvalue weighted by Gasteiger charge is -2.42. The highest BCUT2D eigenvalue weighted by molar-refractivity contribution is 7.86. The molecule has 0 aromatic heterocycles. The summed E-state index contributed by atoms with van der Waals surface area (Å²) in [6.45, 7) is 8.59. The van der Waals surface area contributed by atoms with Gasteiger partial charge in [-0.1, -0.05) is 12.1 Å². The number of benzene rings is 2. The summed E-state index contributed by atoms with van der Waals surface area (Å²) in [5.74, 6) is -0.101. The molecule has 0 aliphatic carbocycles. The number of nitrogens with zero attached hydrogens (tertiary/aromatic N) is 4. The number of hydrogen-bond donors (Lipinski definition) is 1. The van der Waals surface area contributed by atoms with Gasteiger partial charge in [0.15, 0.2) is 5.78 Å². The Kier molecular flexibility index (Phi) is 10.4. The van der Waals surface area contributed by atoms with E-state index in [9.17, 15) is 23.3 Å². The van der Waals surface area contributed by atoms with Gasteiger partial charge in [-0.3, -0.25) is 14.6 Å². The Hall–Kier alpha value is -4.01. The minimum absolute atomic E-state index is 0.105. The minimum atomic E-state index is -3.62. The van der Waals surface area contributed by atoms with Gasteiger partial charge < -0.3 is 19.3 Å². The zero-order valence-corrected chi connectivity index (χ0v) is 26.0. The first-order valence-corrected chi connectivity index (χ1v) is 16.3. The van der Waals surface area contributed by atoms with Crippen LogP contribution < -0.4 is 14.4 Å². The summed E-state index contributed by atoms with van der Waals surface area (Å²) in [4.78, 5) is 33.7. The van der Waals surface area contributed by atoms with Crippen molar-refractivity contribution in [2.45, 2.75) is 58.7 Å². The van der Waals surface area contributed by atoms with Crippen LogP contribution in [-0.4, -0.2) is 75.2 Å². The number of ketones is 1. The van der Waals surface area contributed by atoms with Crippen LogP contribution in [0.4, 0.5) is 5.69 Å². The summed E-state index contributed by atoms with van der Waals surface area (Å²) in [5, 5.41) is 12.4. The van der Waals surface area contributed by atoms with Gasteiger partial charge in [-0.2, -0.15) is 13.7 Å². The number of aliphatic imine (C=N–C) groups is 1. The van der Waals surface area contributed by atoms with Crippen molar-refractivity contribution in [3.8, 4) is 11.8 Å². The van der Waals surface area contributed by atoms with Crippen LogP contribution in [0, 0.1) is 11.3 Å². The second kappa shape index (κ2) is 14.0. The van der Waals surface area contributed by atoms with E-state index >= 15 is 0 Å². The molecule has 0 bridgehead atoms. The minimum Gasteiger partial charge on any atom is -0.383 e. The van der Waals surface area contributed by atoms with E-state index in [4.69, 9.17) is 4.18 Å². The summed E-state index contributed by atoms with van der Waals surface area (Å²) < 4.78 is 28.1. The molecular formula is C32H39N5O5S. The van der Waals surface area contributed by atoms with Crippen molar-refractivity contribution < 1.29 is 22.2 Å². The van der Waals surface area contributed by atoms with E-state index in [0.717, 1.165) is 49.9 Å². The molecule has 1 N–H and O–H groups in total. The highest BCUT2D eigenvalue weighted by Crippen LogP contribution is 2.29. The molecule has 0 saturated carbocycles. The van der Waals surface area contributed by atoms with Crippen molar-refractivity contribution in [3.63, 3.8) is 0 Å². The van der Waals surface area contributed by atoms with E-state index < -0.39 is 10.1 Å². The number of nitrogens with one attached hydrogen (secondary N) is 1. The topological polar surface area (TPSA) is 132 Å². The Labute approximate surface area is 254 Å². The fraction of sp³-hybridized carbons (Fsp3) is 0.438. The van der Waals surface area contributed by atoms with Gasteiger partial charge in [0.2, 0.25) is 0 Å². The smallest absolute Gasteiger partial charge is 0.306 e. The number of hydrogen-bond acceptors (Lipinski definition) is 9. The SMILES string of the molecule is CC1=NCC(=O)C(C)=C1C(=O)NCCC(C)N1CCC(N(Cc2cccc(C#N)c2)c2ccc(OS(C)(=O)=O)cc2)CC1. The molecule has 2 aliphatic heterocycles. The lowest BCUT2D eigenvalue weighted by molar-refractivity contribution is -0.118. The van der Waals surface area contributed by atoms with Crippen LogP contribution in [0.15, 0.2) is 64.7 Å². The van der Waals surface area contributed by atoms with Crippen molar-refractivity contribution in [2.24, 2.45) is 4.99 Å². The van der Waals surface area contributed by atoms with Crippen molar-refractivity contribution in [1.82, 2.24) is 10.2 Å². The summed E-state index contributed by atoms with van der Waals surface area (Å²) >= 11 is 0. The summed E-state index contributed by atoms with van der Waals surface area (Å²) in [5.41, 5.74) is 4.04. The van der Waals surface area contributed by atoms with E-state index in [2.05, 4.69) is 33.1 Å². The average Bonchev–Trinajstić information content (AvgIpc) is 2.98. The first kappa shape index (κ1) is 31.9. The largest absolute Gasteiger partial charge is 0.383 e. The van der Waals surface area contributed by atoms with Crippen LogP contribution in [0.3, 0.4) is 0 Å². The maximum Gasteiger partial charge on any atom is 0.306 e. The summed E-state index contributed by atoms with van der Waals surface area (Å²) in [7, 11) is -3.62. The van der Waals surface area contributed by atoms with Gasteiger partial charge in [0.25, 0.3) is 5.91 Å². The molecule has 11 heteroatoms. The number of likely N-dealkylation sites (tertiary alicyclic amines) is 1. The van der Waals surface area contributed by atoms with Crippen molar-refractivity contribution in [1.29, 1.82) is 5.26 Å². The number of piperidine rings is 1. The number of amides is 1. The molecule has 10 nitrogen and oxygen atoms in total. The highest BCUT2D eigenvalue weighted by Gasteiger charge is 2.28. The molecular weight excluding hydrogens is 566 g/mol. The van der Waals surface area contributed by atoms with Crippen LogP contribution in [0.2, 0.25) is 0 Å². The third kappa shape index (κ3) is 8.52. The van der Waals surface area contributed by atoms with Crippen molar-refractivity contribution in [2.75, 3.05) is 37.3 Å². The second-order valence-electron chi connectivity index (χ2n) is 11.2. The second-order valence-corrected chi connectivity index (χ2v) is 12.8. The Bertz CT molecular complexity index is 1550. The Morgan fingerprint density at radius 1 is 1.19 bits per heavy atom. The summed E-state index contributed by atoms with van der Waals surface area (Å²) in [6, 6.07) is 17.3. The van der Waals surface area contributed by atoms with Gasteiger partial charge in [-0.25, -0.2) is 0 Å². The molecule has 2 aliphatic rings. The van der Waals surface area contributed by atoms with Gasteiger partial charge >= 0.3 is 10.1 Å². The van der Waals surface area contributed by atoms with Crippen LogP contribution >= 0.6 is 0 Å². The zero-order chi connectivity index (χ0) is 31.1. The van der Waals surface area contributed by atoms with Crippen molar-refractivity contribution in [3.05, 3.63) is 70.8 Å². The van der Waals surface area contributed by atoms with E-state index in [0.29, 0.717) is 35.5 Å². The maximum absolute atomic E-state index is 12.8. The van der Waals surface area contributed by atoms with E-state index in [1.807, 2.05) is 30.3 Å². The number of nitriles is 1. The molecule has 0 radical (unpaired) electrons. The highest BCUT2D eigenvalue weighted by atomic mass is 32.2. The first-order valence-electron chi connectivity index (χ1n) is 14.5. The zero-order valence-electron chi connectivity index (χ0n) is 25.2. The van der Waals surface area contributed by atoms with E-state index in [-0.39, 0.29) is 36.1 Å². The van der Waals surface area contributed by atoms with Gasteiger partial charge in [-0.15, -0.1) is 0 Å². The molecule has 43 heavy (non-hydrogen) atoms. The van der Waals surface area contributed by atoms with Crippen LogP contribution in [0.25, 0.3) is 0 Å². The molecule has 228 valence electrons. The molecule has 2 aromatic carbocycles. The third-order valence-corrected chi connectivity index (χ3v) is 8.57. The first-order chi connectivity index (χ1) is 20.4. The number of carbonyl (C=O) groups excluding carboxylic acids is 2. The Morgan fingerprint density at radius 2 is 1.88 bits per heavy atom. The number of anilines is 1. The monoisotopic (exact) mass is 605 g/mol. The normalized spacial score (nSPS) is 17.2. The van der Waals surface area contributed by atoms with E-state index in [1.165, 1.54) is 0 Å². The molecule has 2 heterocycles. The quantitative estimate of drug-likeness (QED) is 0.384. The molecule has 0 spiro atoms. The molecule has 4 rings (SSSR count). The van der Waals surface area contributed by atoms with Gasteiger partial charge in [-0.05, 0) is 82.0 Å². The predicted octanol–water partition coefficient (Wildman–Crippen LogP) is 3.62. The fourth-order valence-corrected chi connectivity index (χ4v) is 6.13. The maximum atomic E-state index is 12.8. The molecule has 1 unspecified atom stereocenters. The van der Waals surface area contributed by atoms with Crippen molar-refractivity contribution >= 4 is 33.2 Å². The average molecular weight is 606 g/mol. The molecule has 1 saturated heterocycles. The third-order valence-electron chi connectivity index (χ3n) is 8.08. The molecule has 2 aromatic rings. The Morgan fingerprint density at radius 3 is 2.53 bits per heavy atom. The summed E-state index contributed by atoms with van der Waals surface area (Å²) in [6.07, 6.45) is 3.63. The van der Waals surface area contributed by atoms with Crippen LogP contribution in [0.1, 0.15) is 51.2 Å². The lowest BCUT2D eigenvalue weighted by Crippen LogP contribution is -2.48. The van der Waals surface area contributed by atoms with Gasteiger partial charge in [0, 0.05) is 55.2 Å². The number of carbonyl (C=O) groups is 2. The standard InChI is InChI=1S/C32H39N5O5S/c1-22(12-15-34-32(39)31-23(2)30(38)20-35-24(31)3)36-16-13-28(14-17-36)37(21-26-7-5-6-25(18-26)19-33)27-8-10-29(11-9-27)42-43(4,40)41/h5-11,18,22,28H,12-17,20-21H2,1-4H3,(H,34,39).